The van der Waals surface area contributed by atoms with E-state index in [0.717, 1.165) is 13.1 Å². The highest BCUT2D eigenvalue weighted by atomic mass is 16.4. The van der Waals surface area contributed by atoms with Crippen LogP contribution in [0.4, 0.5) is 5.82 Å². The standard InChI is InChI=1S/C12H18N4O2/c1-8-6-16(7-10(8)15(2)3)11-5-13-4-9(14-11)12(17)18/h4-5,8,10H,6-7H2,1-3H3,(H,17,18). The summed E-state index contributed by atoms with van der Waals surface area (Å²) in [4.78, 5) is 23.2. The normalized spacial score (nSPS) is 23.7. The number of carboxylic acid groups (broad SMARTS) is 1. The van der Waals surface area contributed by atoms with E-state index in [1.165, 1.54) is 6.20 Å². The monoisotopic (exact) mass is 250 g/mol. The van der Waals surface area contributed by atoms with Crippen molar-refractivity contribution in [2.75, 3.05) is 32.1 Å². The van der Waals surface area contributed by atoms with Crippen LogP contribution in [-0.2, 0) is 0 Å². The van der Waals surface area contributed by atoms with Crippen molar-refractivity contribution in [3.05, 3.63) is 18.1 Å². The Morgan fingerprint density at radius 1 is 1.44 bits per heavy atom. The van der Waals surface area contributed by atoms with E-state index in [0.29, 0.717) is 17.8 Å². The van der Waals surface area contributed by atoms with E-state index in [9.17, 15) is 4.79 Å². The summed E-state index contributed by atoms with van der Waals surface area (Å²) in [5.41, 5.74) is -0.00606. The van der Waals surface area contributed by atoms with Crippen LogP contribution in [0.5, 0.6) is 0 Å². The van der Waals surface area contributed by atoms with Crippen LogP contribution in [-0.4, -0.2) is 59.2 Å². The smallest absolute Gasteiger partial charge is 0.356 e. The summed E-state index contributed by atoms with van der Waals surface area (Å²) in [5.74, 6) is 0.127. The van der Waals surface area contributed by atoms with E-state index >= 15 is 0 Å². The van der Waals surface area contributed by atoms with Crippen molar-refractivity contribution < 1.29 is 9.90 Å². The average Bonchev–Trinajstić information content (AvgIpc) is 2.71. The number of aromatic carboxylic acids is 1. The number of anilines is 1. The van der Waals surface area contributed by atoms with Crippen molar-refractivity contribution in [2.45, 2.75) is 13.0 Å². The Balaban J connectivity index is 2.18. The van der Waals surface area contributed by atoms with Crippen molar-refractivity contribution in [1.29, 1.82) is 0 Å². The lowest BCUT2D eigenvalue weighted by molar-refractivity contribution is 0.0690. The number of hydrogen-bond donors (Lipinski definition) is 1. The van der Waals surface area contributed by atoms with E-state index in [-0.39, 0.29) is 5.69 Å². The maximum atomic E-state index is 10.9. The van der Waals surface area contributed by atoms with Crippen LogP contribution in [0.25, 0.3) is 0 Å². The second-order valence-electron chi connectivity index (χ2n) is 4.98. The fourth-order valence-electron chi connectivity index (χ4n) is 2.42. The molecule has 6 nitrogen and oxygen atoms in total. The molecule has 0 saturated carbocycles. The minimum absolute atomic E-state index is 0.00606. The van der Waals surface area contributed by atoms with Crippen molar-refractivity contribution in [2.24, 2.45) is 5.92 Å². The summed E-state index contributed by atoms with van der Waals surface area (Å²) >= 11 is 0. The van der Waals surface area contributed by atoms with Crippen LogP contribution in [0, 0.1) is 5.92 Å². The predicted octanol–water partition coefficient (Wildman–Crippen LogP) is 0.561. The Morgan fingerprint density at radius 3 is 2.72 bits per heavy atom. The molecule has 2 unspecified atom stereocenters. The SMILES string of the molecule is CC1CN(c2cncc(C(=O)O)n2)CC1N(C)C. The quantitative estimate of drug-likeness (QED) is 0.845. The van der Waals surface area contributed by atoms with Crippen molar-refractivity contribution in [3.8, 4) is 0 Å². The minimum Gasteiger partial charge on any atom is -0.476 e. The summed E-state index contributed by atoms with van der Waals surface area (Å²) < 4.78 is 0. The van der Waals surface area contributed by atoms with Gasteiger partial charge in [0.25, 0.3) is 0 Å². The van der Waals surface area contributed by atoms with Gasteiger partial charge in [-0.25, -0.2) is 9.78 Å². The highest BCUT2D eigenvalue weighted by Gasteiger charge is 2.31. The van der Waals surface area contributed by atoms with Crippen LogP contribution < -0.4 is 4.90 Å². The second kappa shape index (κ2) is 4.89. The lowest BCUT2D eigenvalue weighted by Gasteiger charge is -2.22. The minimum atomic E-state index is -1.04. The van der Waals surface area contributed by atoms with Gasteiger partial charge in [0.2, 0.25) is 0 Å². The van der Waals surface area contributed by atoms with E-state index in [1.54, 1.807) is 6.20 Å². The molecule has 1 aromatic rings. The average molecular weight is 250 g/mol. The van der Waals surface area contributed by atoms with Gasteiger partial charge in [0.05, 0.1) is 12.4 Å². The molecule has 18 heavy (non-hydrogen) atoms. The molecule has 0 aliphatic carbocycles. The predicted molar refractivity (Wildman–Crippen MR) is 67.8 cm³/mol. The molecule has 2 heterocycles. The van der Waals surface area contributed by atoms with Crippen LogP contribution in [0.1, 0.15) is 17.4 Å². The van der Waals surface area contributed by atoms with Gasteiger partial charge in [0.1, 0.15) is 5.82 Å². The molecule has 0 aromatic carbocycles. The molecule has 1 saturated heterocycles. The summed E-state index contributed by atoms with van der Waals surface area (Å²) in [7, 11) is 4.12. The number of rotatable bonds is 3. The van der Waals surface area contributed by atoms with Crippen LogP contribution >= 0.6 is 0 Å². The first kappa shape index (κ1) is 12.8. The molecule has 0 spiro atoms. The Kier molecular flexibility index (Phi) is 3.47. The van der Waals surface area contributed by atoms with Gasteiger partial charge >= 0.3 is 5.97 Å². The molecule has 0 amide bonds. The third-order valence-corrected chi connectivity index (χ3v) is 3.40. The zero-order chi connectivity index (χ0) is 13.3. The number of carbonyl (C=O) groups is 1. The molecule has 6 heteroatoms. The zero-order valence-corrected chi connectivity index (χ0v) is 10.9. The van der Waals surface area contributed by atoms with Gasteiger partial charge in [-0.2, -0.15) is 0 Å². The van der Waals surface area contributed by atoms with Crippen LogP contribution in [0.3, 0.4) is 0 Å². The van der Waals surface area contributed by atoms with Crippen LogP contribution in [0.2, 0.25) is 0 Å². The van der Waals surface area contributed by atoms with Gasteiger partial charge in [-0.1, -0.05) is 6.92 Å². The second-order valence-corrected chi connectivity index (χ2v) is 4.98. The van der Waals surface area contributed by atoms with Gasteiger partial charge in [-0.3, -0.25) is 4.98 Å². The molecule has 1 aliphatic rings. The molecule has 2 rings (SSSR count). The molecule has 1 aromatic heterocycles. The fraction of sp³-hybridized carbons (Fsp3) is 0.583. The molecule has 1 aliphatic heterocycles. The molecular weight excluding hydrogens is 232 g/mol. The number of carboxylic acids is 1. The first-order valence-electron chi connectivity index (χ1n) is 5.95. The number of aromatic nitrogens is 2. The summed E-state index contributed by atoms with van der Waals surface area (Å²) in [6.07, 6.45) is 2.89. The van der Waals surface area contributed by atoms with E-state index in [1.807, 2.05) is 0 Å². The van der Waals surface area contributed by atoms with Crippen LogP contribution in [0.15, 0.2) is 12.4 Å². The highest BCUT2D eigenvalue weighted by molar-refractivity contribution is 5.85. The Hall–Kier alpha value is -1.69. The maximum absolute atomic E-state index is 10.9. The fourth-order valence-corrected chi connectivity index (χ4v) is 2.42. The largest absolute Gasteiger partial charge is 0.476 e. The zero-order valence-electron chi connectivity index (χ0n) is 10.9. The van der Waals surface area contributed by atoms with Crippen molar-refractivity contribution in [3.63, 3.8) is 0 Å². The lowest BCUT2D eigenvalue weighted by atomic mass is 10.1. The molecule has 1 N–H and O–H groups in total. The van der Waals surface area contributed by atoms with E-state index in [2.05, 4.69) is 40.8 Å². The first-order chi connectivity index (χ1) is 8.49. The molecule has 1 fully saturated rings. The third-order valence-electron chi connectivity index (χ3n) is 3.40. The van der Waals surface area contributed by atoms with Gasteiger partial charge in [0.15, 0.2) is 5.69 Å². The Morgan fingerprint density at radius 2 is 2.17 bits per heavy atom. The first-order valence-corrected chi connectivity index (χ1v) is 5.95. The third kappa shape index (κ3) is 2.43. The molecular formula is C12H18N4O2. The molecule has 98 valence electrons. The molecule has 0 bridgehead atoms. The van der Waals surface area contributed by atoms with Gasteiger partial charge in [-0.15, -0.1) is 0 Å². The van der Waals surface area contributed by atoms with Gasteiger partial charge in [-0.05, 0) is 20.0 Å². The molecule has 2 atom stereocenters. The summed E-state index contributed by atoms with van der Waals surface area (Å²) in [6, 6.07) is 0.459. The summed E-state index contributed by atoms with van der Waals surface area (Å²) in [5, 5.41) is 8.92. The number of likely N-dealkylation sites (N-methyl/N-ethyl adjacent to an activating group) is 1. The van der Waals surface area contributed by atoms with Crippen molar-refractivity contribution >= 4 is 11.8 Å². The van der Waals surface area contributed by atoms with Crippen molar-refractivity contribution in [1.82, 2.24) is 14.9 Å². The summed E-state index contributed by atoms with van der Waals surface area (Å²) in [6.45, 7) is 3.92. The van der Waals surface area contributed by atoms with Gasteiger partial charge < -0.3 is 14.9 Å². The highest BCUT2D eigenvalue weighted by Crippen LogP contribution is 2.24. The van der Waals surface area contributed by atoms with E-state index < -0.39 is 5.97 Å². The van der Waals surface area contributed by atoms with Gasteiger partial charge in [0, 0.05) is 19.1 Å². The lowest BCUT2D eigenvalue weighted by Crippen LogP contribution is -2.34. The Bertz CT molecular complexity index is 449. The number of hydrogen-bond acceptors (Lipinski definition) is 5. The topological polar surface area (TPSA) is 69.6 Å². The number of nitrogens with zero attached hydrogens (tertiary/aromatic N) is 4. The Labute approximate surface area is 106 Å². The molecule has 0 radical (unpaired) electrons. The van der Waals surface area contributed by atoms with E-state index in [4.69, 9.17) is 5.11 Å². The maximum Gasteiger partial charge on any atom is 0.356 e.